The van der Waals surface area contributed by atoms with Crippen LogP contribution in [0.3, 0.4) is 0 Å². The Morgan fingerprint density at radius 2 is 1.87 bits per heavy atom. The summed E-state index contributed by atoms with van der Waals surface area (Å²) in [6.45, 7) is 7.39. The van der Waals surface area contributed by atoms with Gasteiger partial charge in [0.2, 0.25) is 0 Å². The molecule has 1 aromatic heterocycles. The van der Waals surface area contributed by atoms with E-state index >= 15 is 0 Å². The predicted molar refractivity (Wildman–Crippen MR) is 147 cm³/mol. The van der Waals surface area contributed by atoms with Gasteiger partial charge in [0.15, 0.2) is 0 Å². The monoisotopic (exact) mass is 530 g/mol. The van der Waals surface area contributed by atoms with Gasteiger partial charge in [0.05, 0.1) is 24.7 Å². The molecule has 1 aromatic carbocycles. The van der Waals surface area contributed by atoms with Gasteiger partial charge in [-0.1, -0.05) is 39.0 Å². The van der Waals surface area contributed by atoms with Crippen LogP contribution in [0, 0.1) is 34.0 Å². The van der Waals surface area contributed by atoms with Crippen molar-refractivity contribution < 1.29 is 24.1 Å². The Hall–Kier alpha value is -1.95. The van der Waals surface area contributed by atoms with Gasteiger partial charge in [-0.3, -0.25) is 4.79 Å². The van der Waals surface area contributed by atoms with Crippen molar-refractivity contribution in [2.75, 3.05) is 6.61 Å². The molecule has 0 radical (unpaired) electrons. The Morgan fingerprint density at radius 1 is 1.00 bits per heavy atom. The van der Waals surface area contributed by atoms with E-state index in [4.69, 9.17) is 14.2 Å². The molecular weight excluding hydrogens is 488 g/mol. The van der Waals surface area contributed by atoms with Crippen LogP contribution in [0.1, 0.15) is 95.6 Å². The Bertz CT molecular complexity index is 1330. The molecule has 39 heavy (non-hydrogen) atoms. The van der Waals surface area contributed by atoms with Gasteiger partial charge >= 0.3 is 0 Å². The van der Waals surface area contributed by atoms with Gasteiger partial charge in [-0.15, -0.1) is 0 Å². The SMILES string of the molecule is CC1(C)COOC2(CC[C@@]34Cc5cc(-c6ccoc6)ccc5[C@H]5C[C@]6(C)C(=O)CC[C@H]6[C@H](CC[C@@]3(O)C2)[C@H]54)C1. The van der Waals surface area contributed by atoms with Crippen molar-refractivity contribution >= 4 is 5.78 Å². The summed E-state index contributed by atoms with van der Waals surface area (Å²) in [5, 5.41) is 12.9. The van der Waals surface area contributed by atoms with Crippen LogP contribution in [-0.4, -0.2) is 28.7 Å². The van der Waals surface area contributed by atoms with E-state index in [1.165, 1.54) is 16.7 Å². The minimum Gasteiger partial charge on any atom is -0.472 e. The first-order valence-electron chi connectivity index (χ1n) is 15.3. The third-order valence-corrected chi connectivity index (χ3v) is 12.7. The Morgan fingerprint density at radius 3 is 2.67 bits per heavy atom. The summed E-state index contributed by atoms with van der Waals surface area (Å²) in [6, 6.07) is 8.96. The van der Waals surface area contributed by atoms with E-state index in [1.807, 2.05) is 12.3 Å². The largest absolute Gasteiger partial charge is 0.472 e. The predicted octanol–water partition coefficient (Wildman–Crippen LogP) is 7.02. The molecule has 8 atom stereocenters. The van der Waals surface area contributed by atoms with Gasteiger partial charge in [-0.2, -0.15) is 0 Å². The zero-order valence-corrected chi connectivity index (χ0v) is 23.6. The molecule has 1 unspecified atom stereocenters. The molecule has 1 N–H and O–H groups in total. The fourth-order valence-corrected chi connectivity index (χ4v) is 11.3. The highest BCUT2D eigenvalue weighted by molar-refractivity contribution is 5.87. The third kappa shape index (κ3) is 3.27. The zero-order chi connectivity index (χ0) is 26.8. The van der Waals surface area contributed by atoms with Crippen LogP contribution in [0.4, 0.5) is 0 Å². The van der Waals surface area contributed by atoms with Gasteiger partial charge in [0.25, 0.3) is 0 Å². The molecule has 0 amide bonds. The average Bonchev–Trinajstić information content (AvgIpc) is 3.52. The maximum Gasteiger partial charge on any atom is 0.139 e. The number of aliphatic hydroxyl groups is 1. The van der Waals surface area contributed by atoms with Crippen molar-refractivity contribution in [3.63, 3.8) is 0 Å². The van der Waals surface area contributed by atoms with Crippen LogP contribution >= 0.6 is 0 Å². The molecule has 1 saturated heterocycles. The minimum absolute atomic E-state index is 0.0361. The quantitative estimate of drug-likeness (QED) is 0.401. The van der Waals surface area contributed by atoms with Gasteiger partial charge in [0, 0.05) is 29.2 Å². The first-order chi connectivity index (χ1) is 18.6. The van der Waals surface area contributed by atoms with Crippen molar-refractivity contribution in [3.05, 3.63) is 47.9 Å². The highest BCUT2D eigenvalue weighted by atomic mass is 17.2. The molecule has 5 aliphatic carbocycles. The molecule has 5 heteroatoms. The maximum absolute atomic E-state index is 13.4. The third-order valence-electron chi connectivity index (χ3n) is 12.7. The van der Waals surface area contributed by atoms with Crippen LogP contribution in [0.2, 0.25) is 0 Å². The minimum atomic E-state index is -0.804. The number of ketones is 1. The van der Waals surface area contributed by atoms with E-state index in [2.05, 4.69) is 39.0 Å². The summed E-state index contributed by atoms with van der Waals surface area (Å²) in [6.07, 6.45) is 12.4. The fraction of sp³-hybridized carbons (Fsp3) is 0.676. The van der Waals surface area contributed by atoms with Crippen LogP contribution in [-0.2, 0) is 21.0 Å². The van der Waals surface area contributed by atoms with E-state index in [1.54, 1.807) is 6.26 Å². The van der Waals surface area contributed by atoms with Crippen molar-refractivity contribution in [3.8, 4) is 11.1 Å². The summed E-state index contributed by atoms with van der Waals surface area (Å²) in [5.74, 6) is 2.13. The van der Waals surface area contributed by atoms with Gasteiger partial charge in [-0.25, -0.2) is 9.78 Å². The highest BCUT2D eigenvalue weighted by Crippen LogP contribution is 2.74. The lowest BCUT2D eigenvalue weighted by atomic mass is 9.36. The van der Waals surface area contributed by atoms with E-state index in [-0.39, 0.29) is 16.2 Å². The lowest BCUT2D eigenvalue weighted by Gasteiger charge is -2.70. The average molecular weight is 531 g/mol. The Labute approximate surface area is 231 Å². The van der Waals surface area contributed by atoms with E-state index in [0.717, 1.165) is 63.4 Å². The molecule has 5 fully saturated rings. The topological polar surface area (TPSA) is 68.9 Å². The molecule has 2 aromatic rings. The Balaban J connectivity index is 1.27. The van der Waals surface area contributed by atoms with Crippen molar-refractivity contribution in [1.29, 1.82) is 0 Å². The summed E-state index contributed by atoms with van der Waals surface area (Å²) in [5.41, 5.74) is 3.41. The Kier molecular flexibility index (Phi) is 5.00. The number of hydrogen-bond donors (Lipinski definition) is 1. The molecule has 1 aliphatic heterocycles. The number of carbonyl (C=O) groups is 1. The number of furan rings is 1. The standard InChI is InChI=1S/C34H42O5/c1-30(2)18-32(39-38-20-30)11-12-33-15-23-14-21(22-9-13-37-17-22)4-5-24(23)26-16-31(3)27(6-7-28(31)35)25(29(26)33)8-10-34(33,36)19-32/h4-5,9,13-14,17,25-27,29,36H,6-8,10-12,15-16,18-20H2,1-3H3/t25-,26+,27-,29+,31-,32?,33-,34+/m0/s1. The first kappa shape index (κ1) is 24.8. The number of carbonyl (C=O) groups excluding carboxylic acids is 1. The zero-order valence-electron chi connectivity index (χ0n) is 23.6. The van der Waals surface area contributed by atoms with E-state index in [0.29, 0.717) is 42.5 Å². The number of fused-ring (bicyclic) bond motifs is 4. The molecule has 2 spiro atoms. The van der Waals surface area contributed by atoms with Crippen LogP contribution < -0.4 is 0 Å². The molecule has 4 saturated carbocycles. The lowest BCUT2D eigenvalue weighted by molar-refractivity contribution is -0.425. The van der Waals surface area contributed by atoms with E-state index < -0.39 is 11.2 Å². The summed E-state index contributed by atoms with van der Waals surface area (Å²) in [4.78, 5) is 25.3. The second-order valence-corrected chi connectivity index (χ2v) is 15.4. The van der Waals surface area contributed by atoms with E-state index in [9.17, 15) is 9.90 Å². The molecule has 2 heterocycles. The number of rotatable bonds is 1. The number of Topliss-reactive ketones (excluding diaryl/α,β-unsaturated/α-hetero) is 1. The van der Waals surface area contributed by atoms with Gasteiger partial charge in [-0.05, 0) is 103 Å². The maximum atomic E-state index is 13.4. The summed E-state index contributed by atoms with van der Waals surface area (Å²) >= 11 is 0. The molecular formula is C34H42O5. The van der Waals surface area contributed by atoms with Gasteiger partial charge < -0.3 is 9.52 Å². The smallest absolute Gasteiger partial charge is 0.139 e. The molecule has 208 valence electrons. The lowest BCUT2D eigenvalue weighted by Crippen LogP contribution is -2.70. The van der Waals surface area contributed by atoms with Gasteiger partial charge in [0.1, 0.15) is 11.4 Å². The number of benzene rings is 1. The van der Waals surface area contributed by atoms with Crippen molar-refractivity contribution in [1.82, 2.24) is 0 Å². The van der Waals surface area contributed by atoms with Crippen molar-refractivity contribution in [2.24, 2.45) is 34.0 Å². The molecule has 6 aliphatic rings. The highest BCUT2D eigenvalue weighted by Gasteiger charge is 2.72. The first-order valence-corrected chi connectivity index (χ1v) is 15.3. The van der Waals surface area contributed by atoms with Crippen LogP contribution in [0.25, 0.3) is 11.1 Å². The van der Waals surface area contributed by atoms with Crippen LogP contribution in [0.5, 0.6) is 0 Å². The fourth-order valence-electron chi connectivity index (χ4n) is 11.3. The van der Waals surface area contributed by atoms with Crippen molar-refractivity contribution in [2.45, 2.75) is 102 Å². The summed E-state index contributed by atoms with van der Waals surface area (Å²) < 4.78 is 5.41. The second kappa shape index (κ2) is 7.86. The second-order valence-electron chi connectivity index (χ2n) is 15.4. The molecule has 8 rings (SSSR count). The summed E-state index contributed by atoms with van der Waals surface area (Å²) in [7, 11) is 0. The molecule has 5 nitrogen and oxygen atoms in total. The molecule has 0 bridgehead atoms. The normalized spacial score (nSPS) is 45.8. The number of hydrogen-bond acceptors (Lipinski definition) is 5. The van der Waals surface area contributed by atoms with Crippen LogP contribution in [0.15, 0.2) is 41.2 Å².